The SMILES string of the molecule is CC1(C)CN=C(NN=C(/C=C/c2ccc(Cl)s2)/C=C/c2ccc(Cl)s2)NC1. The van der Waals surface area contributed by atoms with E-state index in [0.29, 0.717) is 5.96 Å². The van der Waals surface area contributed by atoms with Gasteiger partial charge in [0.05, 0.1) is 14.4 Å². The van der Waals surface area contributed by atoms with Crippen LogP contribution in [0, 0.1) is 5.41 Å². The van der Waals surface area contributed by atoms with Gasteiger partial charge < -0.3 is 5.32 Å². The van der Waals surface area contributed by atoms with Crippen LogP contribution < -0.4 is 10.7 Å². The van der Waals surface area contributed by atoms with Crippen LogP contribution in [0.15, 0.2) is 46.5 Å². The Hall–Kier alpha value is -1.60. The first-order valence-electron chi connectivity index (χ1n) is 8.38. The van der Waals surface area contributed by atoms with Crippen LogP contribution >= 0.6 is 45.9 Å². The summed E-state index contributed by atoms with van der Waals surface area (Å²) in [6, 6.07) is 7.72. The number of aliphatic imine (C=N–C) groups is 1. The summed E-state index contributed by atoms with van der Waals surface area (Å²) in [6.45, 7) is 5.98. The highest BCUT2D eigenvalue weighted by Gasteiger charge is 2.21. The fourth-order valence-electron chi connectivity index (χ4n) is 2.22. The van der Waals surface area contributed by atoms with E-state index in [2.05, 4.69) is 34.7 Å². The van der Waals surface area contributed by atoms with Gasteiger partial charge >= 0.3 is 0 Å². The van der Waals surface area contributed by atoms with Crippen LogP contribution in [-0.4, -0.2) is 24.8 Å². The molecule has 27 heavy (non-hydrogen) atoms. The van der Waals surface area contributed by atoms with Crippen molar-refractivity contribution in [2.75, 3.05) is 13.1 Å². The molecule has 8 heteroatoms. The zero-order valence-electron chi connectivity index (χ0n) is 15.0. The van der Waals surface area contributed by atoms with E-state index in [4.69, 9.17) is 23.2 Å². The smallest absolute Gasteiger partial charge is 0.212 e. The quantitative estimate of drug-likeness (QED) is 0.459. The highest BCUT2D eigenvalue weighted by atomic mass is 35.5. The van der Waals surface area contributed by atoms with E-state index in [1.54, 1.807) is 0 Å². The fourth-order valence-corrected chi connectivity index (χ4v) is 4.15. The molecule has 142 valence electrons. The van der Waals surface area contributed by atoms with Crippen molar-refractivity contribution in [1.82, 2.24) is 10.7 Å². The van der Waals surface area contributed by atoms with Gasteiger partial charge in [0.1, 0.15) is 0 Å². The molecule has 2 aromatic rings. The monoisotopic (exact) mass is 438 g/mol. The second-order valence-electron chi connectivity index (χ2n) is 6.78. The average Bonchev–Trinajstić information content (AvgIpc) is 3.23. The summed E-state index contributed by atoms with van der Waals surface area (Å²) >= 11 is 15.0. The molecule has 0 fully saturated rings. The largest absolute Gasteiger partial charge is 0.354 e. The molecule has 4 nitrogen and oxygen atoms in total. The first-order valence-corrected chi connectivity index (χ1v) is 10.8. The molecule has 0 saturated carbocycles. The third-order valence-corrected chi connectivity index (χ3v) is 6.11. The van der Waals surface area contributed by atoms with Crippen molar-refractivity contribution < 1.29 is 0 Å². The number of nitrogens with zero attached hydrogens (tertiary/aromatic N) is 2. The normalized spacial score (nSPS) is 16.4. The summed E-state index contributed by atoms with van der Waals surface area (Å²) in [5.74, 6) is 0.687. The predicted octanol–water partition coefficient (Wildman–Crippen LogP) is 5.77. The van der Waals surface area contributed by atoms with Gasteiger partial charge in [0.25, 0.3) is 0 Å². The molecule has 0 amide bonds. The number of halogens is 2. The minimum absolute atomic E-state index is 0.161. The van der Waals surface area contributed by atoms with Crippen LogP contribution in [0.25, 0.3) is 12.2 Å². The molecule has 2 aromatic heterocycles. The molecule has 3 rings (SSSR count). The maximum Gasteiger partial charge on any atom is 0.212 e. The van der Waals surface area contributed by atoms with Crippen molar-refractivity contribution in [2.24, 2.45) is 15.5 Å². The van der Waals surface area contributed by atoms with E-state index >= 15 is 0 Å². The predicted molar refractivity (Wildman–Crippen MR) is 121 cm³/mol. The number of hydrogen-bond donors (Lipinski definition) is 2. The summed E-state index contributed by atoms with van der Waals surface area (Å²) in [4.78, 5) is 6.64. The molecule has 0 spiro atoms. The van der Waals surface area contributed by atoms with Crippen molar-refractivity contribution in [2.45, 2.75) is 13.8 Å². The van der Waals surface area contributed by atoms with Crippen LogP contribution in [0.2, 0.25) is 8.67 Å². The maximum atomic E-state index is 6.00. The Balaban J connectivity index is 1.75. The first-order chi connectivity index (χ1) is 12.9. The van der Waals surface area contributed by atoms with Crippen LogP contribution in [0.1, 0.15) is 23.6 Å². The van der Waals surface area contributed by atoms with Gasteiger partial charge in [-0.2, -0.15) is 5.10 Å². The highest BCUT2D eigenvalue weighted by Crippen LogP contribution is 2.23. The molecule has 3 heterocycles. The third-order valence-electron chi connectivity index (χ3n) is 3.72. The Morgan fingerprint density at radius 2 is 1.70 bits per heavy atom. The molecule has 0 saturated heterocycles. The van der Waals surface area contributed by atoms with Crippen LogP contribution in [0.4, 0.5) is 0 Å². The first kappa shape index (κ1) is 20.1. The van der Waals surface area contributed by atoms with Crippen molar-refractivity contribution >= 4 is 69.7 Å². The third kappa shape index (κ3) is 6.50. The number of hydrazone groups is 1. The van der Waals surface area contributed by atoms with Crippen molar-refractivity contribution in [3.8, 4) is 0 Å². The lowest BCUT2D eigenvalue weighted by atomic mass is 9.93. The van der Waals surface area contributed by atoms with Gasteiger partial charge in [-0.05, 0) is 48.6 Å². The topological polar surface area (TPSA) is 48.8 Å². The molecule has 2 N–H and O–H groups in total. The Morgan fingerprint density at radius 1 is 1.11 bits per heavy atom. The second-order valence-corrected chi connectivity index (χ2v) is 10.3. The number of hydrogen-bond acceptors (Lipinski definition) is 6. The molecule has 1 aliphatic rings. The Kier molecular flexibility index (Phi) is 6.76. The van der Waals surface area contributed by atoms with E-state index < -0.39 is 0 Å². The minimum atomic E-state index is 0.161. The lowest BCUT2D eigenvalue weighted by Crippen LogP contribution is -2.46. The van der Waals surface area contributed by atoms with Gasteiger partial charge in [-0.3, -0.25) is 4.99 Å². The van der Waals surface area contributed by atoms with Gasteiger partial charge in [-0.25, -0.2) is 5.43 Å². The Labute approximate surface area is 177 Å². The summed E-state index contributed by atoms with van der Waals surface area (Å²) in [5, 5.41) is 7.75. The second kappa shape index (κ2) is 9.06. The standard InChI is InChI=1S/C19H20Cl2N4S2/c1-19(2)11-22-18(23-12-19)25-24-13(3-5-14-7-9-16(20)26-14)4-6-15-8-10-17(21)27-15/h3-10H,11-12H2,1-2H3,(H2,22,23,25)/b5-3+,6-4+. The molecule has 0 aliphatic carbocycles. The maximum absolute atomic E-state index is 6.00. The highest BCUT2D eigenvalue weighted by molar-refractivity contribution is 7.17. The van der Waals surface area contributed by atoms with Crippen molar-refractivity contribution in [3.05, 3.63) is 54.8 Å². The van der Waals surface area contributed by atoms with Crippen LogP contribution in [0.3, 0.4) is 0 Å². The molecule has 0 unspecified atom stereocenters. The van der Waals surface area contributed by atoms with Gasteiger partial charge in [0.15, 0.2) is 0 Å². The van der Waals surface area contributed by atoms with Crippen LogP contribution in [0.5, 0.6) is 0 Å². The van der Waals surface area contributed by atoms with E-state index in [0.717, 1.165) is 37.2 Å². The number of thiophene rings is 2. The van der Waals surface area contributed by atoms with Gasteiger partial charge in [-0.15, -0.1) is 22.7 Å². The Morgan fingerprint density at radius 3 is 2.15 bits per heavy atom. The fraction of sp³-hybridized carbons (Fsp3) is 0.263. The summed E-state index contributed by atoms with van der Waals surface area (Å²) in [7, 11) is 0. The minimum Gasteiger partial charge on any atom is -0.354 e. The molecule has 0 bridgehead atoms. The lowest BCUT2D eigenvalue weighted by Gasteiger charge is -2.28. The average molecular weight is 439 g/mol. The molecule has 1 aliphatic heterocycles. The molecule has 0 radical (unpaired) electrons. The molecule has 0 aromatic carbocycles. The number of rotatable bonds is 5. The van der Waals surface area contributed by atoms with Crippen molar-refractivity contribution in [3.63, 3.8) is 0 Å². The summed E-state index contributed by atoms with van der Waals surface area (Å²) < 4.78 is 1.52. The molecule has 0 atom stereocenters. The Bertz CT molecular complexity index is 854. The summed E-state index contributed by atoms with van der Waals surface area (Å²) in [6.07, 6.45) is 7.85. The van der Waals surface area contributed by atoms with E-state index in [1.165, 1.54) is 22.7 Å². The van der Waals surface area contributed by atoms with Crippen LogP contribution in [-0.2, 0) is 0 Å². The van der Waals surface area contributed by atoms with Crippen molar-refractivity contribution in [1.29, 1.82) is 0 Å². The molecular weight excluding hydrogens is 419 g/mol. The van der Waals surface area contributed by atoms with Gasteiger partial charge in [0.2, 0.25) is 5.96 Å². The van der Waals surface area contributed by atoms with E-state index in [1.807, 2.05) is 48.6 Å². The van der Waals surface area contributed by atoms with Gasteiger partial charge in [0, 0.05) is 28.3 Å². The zero-order valence-corrected chi connectivity index (χ0v) is 18.1. The van der Waals surface area contributed by atoms with Gasteiger partial charge in [-0.1, -0.05) is 37.0 Å². The molecular formula is C19H20Cl2N4S2. The number of allylic oxidation sites excluding steroid dienone is 2. The zero-order chi connectivity index (χ0) is 19.3. The number of guanidine groups is 1. The lowest BCUT2D eigenvalue weighted by molar-refractivity contribution is 0.358. The van der Waals surface area contributed by atoms with E-state index in [9.17, 15) is 0 Å². The van der Waals surface area contributed by atoms with E-state index in [-0.39, 0.29) is 5.41 Å². The number of nitrogens with one attached hydrogen (secondary N) is 2. The summed E-state index contributed by atoms with van der Waals surface area (Å²) in [5.41, 5.74) is 3.94.